The molecule has 12 heteroatoms. The summed E-state index contributed by atoms with van der Waals surface area (Å²) in [5.41, 5.74) is 23.9. The number of hydrogen-bond acceptors (Lipinski definition) is 12. The van der Waals surface area contributed by atoms with E-state index in [4.69, 9.17) is 27.4 Å². The van der Waals surface area contributed by atoms with Crippen LogP contribution in [-0.2, 0) is 0 Å². The van der Waals surface area contributed by atoms with E-state index in [-0.39, 0.29) is 29.6 Å². The predicted octanol–water partition coefficient (Wildman–Crippen LogP) is 1.06. The first-order valence-electron chi connectivity index (χ1n) is 8.25. The zero-order valence-corrected chi connectivity index (χ0v) is 14.9. The minimum Gasteiger partial charge on any atom is -0.435 e. The van der Waals surface area contributed by atoms with Crippen LogP contribution in [0, 0.1) is 0 Å². The maximum Gasteiger partial charge on any atom is 0.225 e. The minimum atomic E-state index is 0.00994. The zero-order chi connectivity index (χ0) is 20.4. The molecule has 0 saturated carbocycles. The summed E-state index contributed by atoms with van der Waals surface area (Å²) in [4.78, 5) is 27.9. The molecule has 0 aliphatic heterocycles. The molecule has 0 saturated heterocycles. The Morgan fingerprint density at radius 3 is 1.79 bits per heavy atom. The number of nitrogen functional groups attached to an aromatic ring is 4. The van der Waals surface area contributed by atoms with Crippen molar-refractivity contribution in [3.8, 4) is 23.0 Å². The fourth-order valence-electron chi connectivity index (χ4n) is 2.43. The number of anilines is 4. The van der Waals surface area contributed by atoms with Gasteiger partial charge in [-0.05, 0) is 11.6 Å². The van der Waals surface area contributed by atoms with Gasteiger partial charge >= 0.3 is 0 Å². The molecule has 0 aliphatic carbocycles. The lowest BCUT2D eigenvalue weighted by molar-refractivity contribution is 0.587. The monoisotopic (exact) mass is 389 g/mol. The van der Waals surface area contributed by atoms with Gasteiger partial charge in [0.15, 0.2) is 11.6 Å². The van der Waals surface area contributed by atoms with Crippen molar-refractivity contribution in [2.24, 2.45) is 4.99 Å². The highest BCUT2D eigenvalue weighted by atomic mass is 16.4. The lowest BCUT2D eigenvalue weighted by atomic mass is 10.1. The van der Waals surface area contributed by atoms with Crippen LogP contribution in [-0.4, -0.2) is 36.1 Å². The normalized spacial score (nSPS) is 11.2. The number of aromatic nitrogens is 6. The molecule has 4 aromatic rings. The van der Waals surface area contributed by atoms with Crippen LogP contribution in [0.5, 0.6) is 0 Å². The van der Waals surface area contributed by atoms with Crippen molar-refractivity contribution in [2.75, 3.05) is 22.9 Å². The second-order valence-corrected chi connectivity index (χ2v) is 5.77. The lowest BCUT2D eigenvalue weighted by Crippen LogP contribution is -2.04. The minimum absolute atomic E-state index is 0.00994. The largest absolute Gasteiger partial charge is 0.435 e. The number of aliphatic imine (C=N–C) groups is 1. The number of rotatable bonds is 4. The number of nitrogens with two attached hydrogens (primary N) is 4. The molecule has 0 fully saturated rings. The maximum atomic E-state index is 5.60. The third-order valence-corrected chi connectivity index (χ3v) is 3.66. The van der Waals surface area contributed by atoms with Crippen molar-refractivity contribution in [1.29, 1.82) is 0 Å². The van der Waals surface area contributed by atoms with Crippen molar-refractivity contribution >= 4 is 35.9 Å². The molecule has 3 aromatic heterocycles. The summed E-state index contributed by atoms with van der Waals surface area (Å²) in [6.45, 7) is 0. The molecule has 0 atom stereocenters. The van der Waals surface area contributed by atoms with Crippen LogP contribution >= 0.6 is 0 Å². The molecular weight excluding hydrogens is 374 g/mol. The Bertz CT molecular complexity index is 1160. The van der Waals surface area contributed by atoms with Crippen LogP contribution in [0.1, 0.15) is 5.56 Å². The highest BCUT2D eigenvalue weighted by Gasteiger charge is 2.10. The Hall–Kier alpha value is -4.61. The standard InChI is InChI=1S/C17H15N11O/c18-14-23-12(24-15(19)27-14)9-3-1-8(2-4-9)7-22-11-6-5-10(29-11)13-25-16(20)28-17(21)26-13/h1-7H,(H4,18,19,23,24,27)(H4,20,21,25,26,28)/b22-7+. The number of nitrogens with zero attached hydrogens (tertiary/aromatic N) is 7. The van der Waals surface area contributed by atoms with Gasteiger partial charge in [-0.2, -0.15) is 29.9 Å². The number of benzene rings is 1. The second-order valence-electron chi connectivity index (χ2n) is 5.77. The molecule has 0 radical (unpaired) electrons. The van der Waals surface area contributed by atoms with E-state index >= 15 is 0 Å². The van der Waals surface area contributed by atoms with E-state index in [2.05, 4.69) is 34.9 Å². The molecule has 4 rings (SSSR count). The fraction of sp³-hybridized carbons (Fsp3) is 0. The van der Waals surface area contributed by atoms with E-state index < -0.39 is 0 Å². The summed E-state index contributed by atoms with van der Waals surface area (Å²) in [6, 6.07) is 10.7. The van der Waals surface area contributed by atoms with Gasteiger partial charge in [0.05, 0.1) is 0 Å². The molecule has 0 bridgehead atoms. The Kier molecular flexibility index (Phi) is 4.41. The average Bonchev–Trinajstić information content (AvgIpc) is 3.14. The fourth-order valence-corrected chi connectivity index (χ4v) is 2.43. The quantitative estimate of drug-likeness (QED) is 0.363. The third-order valence-electron chi connectivity index (χ3n) is 3.66. The van der Waals surface area contributed by atoms with Crippen LogP contribution in [0.2, 0.25) is 0 Å². The summed E-state index contributed by atoms with van der Waals surface area (Å²) in [5, 5.41) is 0. The number of furan rings is 1. The molecular formula is C17H15N11O. The molecule has 0 amide bonds. The zero-order valence-electron chi connectivity index (χ0n) is 14.9. The average molecular weight is 389 g/mol. The van der Waals surface area contributed by atoms with Crippen molar-refractivity contribution < 1.29 is 4.42 Å². The maximum absolute atomic E-state index is 5.60. The van der Waals surface area contributed by atoms with Crippen LogP contribution in [0.25, 0.3) is 23.0 Å². The van der Waals surface area contributed by atoms with Crippen LogP contribution in [0.15, 0.2) is 45.8 Å². The molecule has 1 aromatic carbocycles. The van der Waals surface area contributed by atoms with Gasteiger partial charge in [-0.25, -0.2) is 4.99 Å². The summed E-state index contributed by atoms with van der Waals surface area (Å²) in [5.74, 6) is 1.51. The van der Waals surface area contributed by atoms with Gasteiger partial charge in [-0.1, -0.05) is 24.3 Å². The Morgan fingerprint density at radius 1 is 0.655 bits per heavy atom. The van der Waals surface area contributed by atoms with E-state index in [9.17, 15) is 0 Å². The molecule has 8 N–H and O–H groups in total. The van der Waals surface area contributed by atoms with Gasteiger partial charge in [0, 0.05) is 17.8 Å². The van der Waals surface area contributed by atoms with Gasteiger partial charge in [0.25, 0.3) is 0 Å². The Labute approximate surface area is 163 Å². The SMILES string of the molecule is Nc1nc(N)nc(-c2ccc(/C=N/c3ccc(-c4nc(N)nc(N)n4)o3)cc2)n1. The topological polar surface area (TPSA) is 207 Å². The van der Waals surface area contributed by atoms with Crippen molar-refractivity contribution in [2.45, 2.75) is 0 Å². The third kappa shape index (κ3) is 4.05. The first-order valence-corrected chi connectivity index (χ1v) is 8.25. The summed E-state index contributed by atoms with van der Waals surface area (Å²) in [6.07, 6.45) is 1.64. The first kappa shape index (κ1) is 17.8. The van der Waals surface area contributed by atoms with E-state index in [0.29, 0.717) is 17.5 Å². The van der Waals surface area contributed by atoms with Gasteiger partial charge in [0.1, 0.15) is 0 Å². The second kappa shape index (κ2) is 7.19. The Morgan fingerprint density at radius 2 is 1.21 bits per heavy atom. The highest BCUT2D eigenvalue weighted by molar-refractivity contribution is 5.82. The predicted molar refractivity (Wildman–Crippen MR) is 108 cm³/mol. The lowest BCUT2D eigenvalue weighted by Gasteiger charge is -2.02. The van der Waals surface area contributed by atoms with E-state index in [1.807, 2.05) is 24.3 Å². The number of hydrogen-bond donors (Lipinski definition) is 4. The summed E-state index contributed by atoms with van der Waals surface area (Å²) in [7, 11) is 0. The van der Waals surface area contributed by atoms with Crippen molar-refractivity contribution in [1.82, 2.24) is 29.9 Å². The van der Waals surface area contributed by atoms with Gasteiger partial charge in [0.2, 0.25) is 35.5 Å². The molecule has 0 aliphatic rings. The van der Waals surface area contributed by atoms with E-state index in [0.717, 1.165) is 11.1 Å². The highest BCUT2D eigenvalue weighted by Crippen LogP contribution is 2.24. The molecule has 12 nitrogen and oxygen atoms in total. The molecule has 0 spiro atoms. The van der Waals surface area contributed by atoms with E-state index in [1.165, 1.54) is 0 Å². The molecule has 3 heterocycles. The van der Waals surface area contributed by atoms with Crippen molar-refractivity contribution in [3.05, 3.63) is 42.0 Å². The van der Waals surface area contributed by atoms with Gasteiger partial charge < -0.3 is 27.4 Å². The van der Waals surface area contributed by atoms with Gasteiger partial charge in [-0.15, -0.1) is 0 Å². The van der Waals surface area contributed by atoms with Crippen LogP contribution in [0.3, 0.4) is 0 Å². The molecule has 144 valence electrons. The molecule has 29 heavy (non-hydrogen) atoms. The Balaban J connectivity index is 1.52. The van der Waals surface area contributed by atoms with Crippen LogP contribution < -0.4 is 22.9 Å². The first-order chi connectivity index (χ1) is 14.0. The summed E-state index contributed by atoms with van der Waals surface area (Å²) < 4.78 is 5.60. The molecule has 0 unspecified atom stereocenters. The van der Waals surface area contributed by atoms with Crippen molar-refractivity contribution in [3.63, 3.8) is 0 Å². The van der Waals surface area contributed by atoms with Crippen LogP contribution in [0.4, 0.5) is 29.7 Å². The smallest absolute Gasteiger partial charge is 0.225 e. The summed E-state index contributed by atoms with van der Waals surface area (Å²) >= 11 is 0. The van der Waals surface area contributed by atoms with E-state index in [1.54, 1.807) is 18.3 Å². The van der Waals surface area contributed by atoms with Gasteiger partial charge in [-0.3, -0.25) is 0 Å².